The Morgan fingerprint density at radius 2 is 1.81 bits per heavy atom. The van der Waals surface area contributed by atoms with Gasteiger partial charge in [-0.2, -0.15) is 0 Å². The van der Waals surface area contributed by atoms with Crippen molar-refractivity contribution in [2.45, 2.75) is 32.1 Å². The summed E-state index contributed by atoms with van der Waals surface area (Å²) in [5, 5.41) is 2.77. The number of methoxy groups -OCH3 is 3. The van der Waals surface area contributed by atoms with E-state index in [1.807, 2.05) is 0 Å². The number of esters is 1. The topological polar surface area (TPSA) is 83.1 Å². The van der Waals surface area contributed by atoms with Crippen LogP contribution in [-0.2, 0) is 9.53 Å². The number of nitrogens with one attached hydrogen (secondary N) is 1. The van der Waals surface area contributed by atoms with Gasteiger partial charge in [-0.15, -0.1) is 0 Å². The minimum absolute atomic E-state index is 0.162. The van der Waals surface area contributed by atoms with Crippen LogP contribution in [-0.4, -0.2) is 46.4 Å². The Labute approximate surface area is 159 Å². The van der Waals surface area contributed by atoms with E-state index >= 15 is 0 Å². The molecule has 0 fully saturated rings. The molecule has 0 saturated heterocycles. The van der Waals surface area contributed by atoms with Crippen molar-refractivity contribution in [3.63, 3.8) is 0 Å². The van der Waals surface area contributed by atoms with Gasteiger partial charge in [-0.3, -0.25) is 4.79 Å². The van der Waals surface area contributed by atoms with E-state index < -0.39 is 5.97 Å². The summed E-state index contributed by atoms with van der Waals surface area (Å²) in [6.45, 7) is 0.192. The highest BCUT2D eigenvalue weighted by Gasteiger charge is 2.22. The maximum absolute atomic E-state index is 12.3. The third-order valence-electron chi connectivity index (χ3n) is 4.41. The molecule has 0 bridgehead atoms. The Bertz CT molecular complexity index is 698. The summed E-state index contributed by atoms with van der Waals surface area (Å²) in [5.41, 5.74) is 1.55. The second kappa shape index (κ2) is 10.4. The van der Waals surface area contributed by atoms with Crippen LogP contribution in [0.5, 0.6) is 17.2 Å². The third kappa shape index (κ3) is 5.64. The first kappa shape index (κ1) is 20.6. The summed E-state index contributed by atoms with van der Waals surface area (Å²) < 4.78 is 20.8. The second-order valence-corrected chi connectivity index (χ2v) is 6.17. The predicted octanol–water partition coefficient (Wildman–Crippen LogP) is 2.88. The molecule has 1 aromatic rings. The molecule has 1 aliphatic carbocycles. The molecule has 7 heteroatoms. The van der Waals surface area contributed by atoms with Gasteiger partial charge in [0.05, 0.1) is 21.3 Å². The fraction of sp³-hybridized carbons (Fsp3) is 0.500. The number of amides is 1. The smallest absolute Gasteiger partial charge is 0.342 e. The predicted molar refractivity (Wildman–Crippen MR) is 101 cm³/mol. The number of hydrogen-bond acceptors (Lipinski definition) is 6. The molecule has 0 aliphatic heterocycles. The minimum atomic E-state index is -0.669. The van der Waals surface area contributed by atoms with Gasteiger partial charge >= 0.3 is 5.97 Å². The molecule has 27 heavy (non-hydrogen) atoms. The Morgan fingerprint density at radius 1 is 1.04 bits per heavy atom. The molecule has 7 nitrogen and oxygen atoms in total. The van der Waals surface area contributed by atoms with E-state index in [0.717, 1.165) is 19.3 Å². The normalized spacial score (nSPS) is 13.4. The van der Waals surface area contributed by atoms with Gasteiger partial charge in [-0.05, 0) is 44.2 Å². The van der Waals surface area contributed by atoms with Crippen LogP contribution in [0.4, 0.5) is 0 Å². The Hall–Kier alpha value is -2.70. The van der Waals surface area contributed by atoms with Gasteiger partial charge in [-0.1, -0.05) is 11.6 Å². The molecule has 2 rings (SSSR count). The van der Waals surface area contributed by atoms with Crippen molar-refractivity contribution >= 4 is 11.9 Å². The van der Waals surface area contributed by atoms with Gasteiger partial charge in [0.25, 0.3) is 5.91 Å². The van der Waals surface area contributed by atoms with Gasteiger partial charge in [0.1, 0.15) is 5.56 Å². The standard InChI is InChI=1S/C20H27NO6/c1-24-16-10-9-15(18(25-2)19(16)26-3)20(23)27-13-17(22)21-12-11-14-7-5-4-6-8-14/h7,9-10H,4-6,8,11-13H2,1-3H3,(H,21,22). The molecular weight excluding hydrogens is 350 g/mol. The van der Waals surface area contributed by atoms with Crippen LogP contribution in [0, 0.1) is 0 Å². The zero-order chi connectivity index (χ0) is 19.6. The number of carbonyl (C=O) groups is 2. The fourth-order valence-electron chi connectivity index (χ4n) is 3.02. The summed E-state index contributed by atoms with van der Waals surface area (Å²) in [6.07, 6.45) is 7.76. The number of ether oxygens (including phenoxy) is 4. The van der Waals surface area contributed by atoms with Crippen molar-refractivity contribution in [2.24, 2.45) is 0 Å². The van der Waals surface area contributed by atoms with E-state index in [1.165, 1.54) is 45.8 Å². The van der Waals surface area contributed by atoms with E-state index in [9.17, 15) is 9.59 Å². The van der Waals surface area contributed by atoms with Gasteiger partial charge in [0.15, 0.2) is 18.1 Å². The lowest BCUT2D eigenvalue weighted by molar-refractivity contribution is -0.124. The lowest BCUT2D eigenvalue weighted by Gasteiger charge is -2.15. The van der Waals surface area contributed by atoms with Crippen molar-refractivity contribution in [3.8, 4) is 17.2 Å². The highest BCUT2D eigenvalue weighted by Crippen LogP contribution is 2.39. The first-order valence-electron chi connectivity index (χ1n) is 9.01. The molecule has 0 aromatic heterocycles. The zero-order valence-electron chi connectivity index (χ0n) is 16.1. The van der Waals surface area contributed by atoms with E-state index in [0.29, 0.717) is 18.0 Å². The summed E-state index contributed by atoms with van der Waals surface area (Å²) in [6, 6.07) is 3.09. The largest absolute Gasteiger partial charge is 0.493 e. The van der Waals surface area contributed by atoms with Crippen LogP contribution in [0.2, 0.25) is 0 Å². The number of hydrogen-bond donors (Lipinski definition) is 1. The molecule has 0 spiro atoms. The van der Waals surface area contributed by atoms with Crippen molar-refractivity contribution in [3.05, 3.63) is 29.3 Å². The quantitative estimate of drug-likeness (QED) is 0.526. The average molecular weight is 377 g/mol. The lowest BCUT2D eigenvalue weighted by Crippen LogP contribution is -2.30. The first-order valence-corrected chi connectivity index (χ1v) is 9.01. The molecule has 0 unspecified atom stereocenters. The monoisotopic (exact) mass is 377 g/mol. The molecule has 1 N–H and O–H groups in total. The fourth-order valence-corrected chi connectivity index (χ4v) is 3.02. The van der Waals surface area contributed by atoms with Gasteiger partial charge < -0.3 is 24.3 Å². The van der Waals surface area contributed by atoms with Crippen LogP contribution in [0.1, 0.15) is 42.5 Å². The molecule has 0 atom stereocenters. The van der Waals surface area contributed by atoms with Crippen molar-refractivity contribution in [1.29, 1.82) is 0 Å². The molecule has 148 valence electrons. The van der Waals surface area contributed by atoms with Crippen LogP contribution in [0.15, 0.2) is 23.8 Å². The lowest BCUT2D eigenvalue weighted by atomic mass is 9.97. The van der Waals surface area contributed by atoms with Crippen molar-refractivity contribution in [2.75, 3.05) is 34.5 Å². The molecule has 1 aromatic carbocycles. The molecule has 1 amide bonds. The number of benzene rings is 1. The molecule has 0 radical (unpaired) electrons. The first-order chi connectivity index (χ1) is 13.1. The Morgan fingerprint density at radius 3 is 2.44 bits per heavy atom. The summed E-state index contributed by atoms with van der Waals surface area (Å²) >= 11 is 0. The van der Waals surface area contributed by atoms with Gasteiger partial charge in [0, 0.05) is 6.54 Å². The van der Waals surface area contributed by atoms with Gasteiger partial charge in [0.2, 0.25) is 5.75 Å². The van der Waals surface area contributed by atoms with Crippen LogP contribution < -0.4 is 19.5 Å². The third-order valence-corrected chi connectivity index (χ3v) is 4.41. The van der Waals surface area contributed by atoms with Crippen LogP contribution in [0.3, 0.4) is 0 Å². The molecular formula is C20H27NO6. The molecule has 0 saturated carbocycles. The summed E-state index contributed by atoms with van der Waals surface area (Å²) in [7, 11) is 4.36. The maximum atomic E-state index is 12.3. The van der Waals surface area contributed by atoms with E-state index in [2.05, 4.69) is 11.4 Å². The second-order valence-electron chi connectivity index (χ2n) is 6.17. The molecule has 0 heterocycles. The Balaban J connectivity index is 1.87. The number of rotatable bonds is 9. The minimum Gasteiger partial charge on any atom is -0.493 e. The van der Waals surface area contributed by atoms with Crippen molar-refractivity contribution in [1.82, 2.24) is 5.32 Å². The maximum Gasteiger partial charge on any atom is 0.342 e. The van der Waals surface area contributed by atoms with Gasteiger partial charge in [-0.25, -0.2) is 4.79 Å². The summed E-state index contributed by atoms with van der Waals surface area (Å²) in [4.78, 5) is 24.2. The van der Waals surface area contributed by atoms with E-state index in [1.54, 1.807) is 6.07 Å². The van der Waals surface area contributed by atoms with E-state index in [-0.39, 0.29) is 23.8 Å². The zero-order valence-corrected chi connectivity index (χ0v) is 16.1. The number of allylic oxidation sites excluding steroid dienone is 1. The average Bonchev–Trinajstić information content (AvgIpc) is 2.71. The van der Waals surface area contributed by atoms with Crippen molar-refractivity contribution < 1.29 is 28.5 Å². The van der Waals surface area contributed by atoms with E-state index in [4.69, 9.17) is 18.9 Å². The van der Waals surface area contributed by atoms with Crippen LogP contribution in [0.25, 0.3) is 0 Å². The number of carbonyl (C=O) groups excluding carboxylic acids is 2. The van der Waals surface area contributed by atoms with Crippen LogP contribution >= 0.6 is 0 Å². The molecule has 1 aliphatic rings. The SMILES string of the molecule is COc1ccc(C(=O)OCC(=O)NCCC2=CCCCC2)c(OC)c1OC. The highest BCUT2D eigenvalue weighted by molar-refractivity contribution is 5.95. The summed E-state index contributed by atoms with van der Waals surface area (Å²) in [5.74, 6) is -0.0797. The highest BCUT2D eigenvalue weighted by atomic mass is 16.5. The Kier molecular flexibility index (Phi) is 7.98.